The molecule has 4 amide bonds. The molecule has 1 saturated heterocycles. The van der Waals surface area contributed by atoms with Crippen LogP contribution < -0.4 is 26.0 Å². The van der Waals surface area contributed by atoms with Crippen LogP contribution in [0, 0.1) is 34.5 Å². The number of hydrogen-bond donors (Lipinski definition) is 5. The minimum Gasteiger partial charge on any atom is -0.489 e. The molecule has 364 valence electrons. The van der Waals surface area contributed by atoms with Crippen LogP contribution in [0.1, 0.15) is 101 Å². The van der Waals surface area contributed by atoms with Crippen molar-refractivity contribution in [3.05, 3.63) is 99.6 Å². The number of β-amino-alcohol motifs (C(OH)–C–C–N with tert-alkyl or cyclic N) is 1. The largest absolute Gasteiger partial charge is 0.489 e. The van der Waals surface area contributed by atoms with Crippen molar-refractivity contribution < 1.29 is 33.8 Å². The number of aromatic nitrogens is 1. The lowest BCUT2D eigenvalue weighted by Gasteiger charge is -2.63. The number of nitrogens with one attached hydrogen (secondary N) is 4. The van der Waals surface area contributed by atoms with Crippen molar-refractivity contribution in [2.45, 2.75) is 118 Å². The molecular formula is C52H66ClN7O7S. The van der Waals surface area contributed by atoms with E-state index in [0.717, 1.165) is 46.6 Å². The normalized spacial score (nSPS) is 19.8. The van der Waals surface area contributed by atoms with E-state index in [1.165, 1.54) is 4.90 Å². The monoisotopic (exact) mass is 967 g/mol. The molecule has 2 fully saturated rings. The zero-order chi connectivity index (χ0) is 49.4. The highest BCUT2D eigenvalue weighted by atomic mass is 35.5. The summed E-state index contributed by atoms with van der Waals surface area (Å²) in [6, 6.07) is 20.6. The summed E-state index contributed by atoms with van der Waals surface area (Å²) >= 11 is 7.82. The van der Waals surface area contributed by atoms with Gasteiger partial charge in [0.2, 0.25) is 11.8 Å². The predicted octanol–water partition coefficient (Wildman–Crippen LogP) is 7.71. The molecule has 5 N–H and O–H groups in total. The fourth-order valence-corrected chi connectivity index (χ4v) is 10.5. The van der Waals surface area contributed by atoms with Crippen molar-refractivity contribution in [1.82, 2.24) is 25.8 Å². The van der Waals surface area contributed by atoms with Crippen LogP contribution in [-0.2, 0) is 25.5 Å². The van der Waals surface area contributed by atoms with Gasteiger partial charge in [-0.1, -0.05) is 84.3 Å². The number of anilines is 1. The summed E-state index contributed by atoms with van der Waals surface area (Å²) in [5, 5.41) is 32.3. The Morgan fingerprint density at radius 2 is 1.72 bits per heavy atom. The maximum absolute atomic E-state index is 14.3. The van der Waals surface area contributed by atoms with E-state index in [1.807, 2.05) is 69.6 Å². The Kier molecular flexibility index (Phi) is 17.1. The highest BCUT2D eigenvalue weighted by Gasteiger charge is 2.64. The number of imide groups is 1. The number of aryl methyl sites for hydroxylation is 1. The van der Waals surface area contributed by atoms with E-state index >= 15 is 0 Å². The van der Waals surface area contributed by atoms with Gasteiger partial charge in [-0.15, -0.1) is 11.3 Å². The number of thiazole rings is 1. The number of rotatable bonds is 20. The Balaban J connectivity index is 0.914. The van der Waals surface area contributed by atoms with Crippen LogP contribution in [0.25, 0.3) is 10.4 Å². The number of halogens is 1. The van der Waals surface area contributed by atoms with Gasteiger partial charge in [-0.2, -0.15) is 5.26 Å². The lowest BCUT2D eigenvalue weighted by molar-refractivity contribution is -0.164. The molecule has 1 aliphatic heterocycles. The van der Waals surface area contributed by atoms with Crippen molar-refractivity contribution in [3.8, 4) is 22.3 Å². The van der Waals surface area contributed by atoms with E-state index in [4.69, 9.17) is 21.1 Å². The van der Waals surface area contributed by atoms with Crippen LogP contribution in [0.15, 0.2) is 72.2 Å². The molecular weight excluding hydrogens is 902 g/mol. The number of amides is 4. The van der Waals surface area contributed by atoms with Crippen LogP contribution in [0.3, 0.4) is 0 Å². The third-order valence-electron chi connectivity index (χ3n) is 13.0. The summed E-state index contributed by atoms with van der Waals surface area (Å²) in [4.78, 5) is 61.4. The molecule has 16 heteroatoms. The first-order valence-electron chi connectivity index (χ1n) is 23.3. The minimum atomic E-state index is -1.00. The molecule has 3 atom stereocenters. The van der Waals surface area contributed by atoms with Gasteiger partial charge in [0.05, 0.1) is 38.8 Å². The lowest BCUT2D eigenvalue weighted by Crippen LogP contribution is -2.74. The minimum absolute atomic E-state index is 0.108. The molecule has 1 saturated carbocycles. The fraction of sp³-hybridized carbons (Fsp3) is 0.500. The number of benzene rings is 3. The Labute approximate surface area is 409 Å². The van der Waals surface area contributed by atoms with Gasteiger partial charge in [0.1, 0.15) is 30.6 Å². The third-order valence-corrected chi connectivity index (χ3v) is 14.3. The number of unbranched alkanes of at least 4 members (excludes halogenated alkanes) is 2. The Morgan fingerprint density at radius 3 is 2.32 bits per heavy atom. The Morgan fingerprint density at radius 1 is 1.01 bits per heavy atom. The first-order valence-corrected chi connectivity index (χ1v) is 24.6. The van der Waals surface area contributed by atoms with Crippen LogP contribution >= 0.6 is 22.9 Å². The van der Waals surface area contributed by atoms with Crippen LogP contribution in [0.4, 0.5) is 5.69 Å². The van der Waals surface area contributed by atoms with E-state index in [-0.39, 0.29) is 55.0 Å². The van der Waals surface area contributed by atoms with Crippen LogP contribution in [0.5, 0.6) is 5.75 Å². The topological polar surface area (TPSA) is 195 Å². The molecule has 2 aliphatic rings. The van der Waals surface area contributed by atoms with E-state index in [9.17, 15) is 29.5 Å². The van der Waals surface area contributed by atoms with Crippen molar-refractivity contribution in [1.29, 1.82) is 5.26 Å². The molecule has 68 heavy (non-hydrogen) atoms. The number of hydrogen-bond acceptors (Lipinski definition) is 12. The van der Waals surface area contributed by atoms with Crippen molar-refractivity contribution in [3.63, 3.8) is 0 Å². The van der Waals surface area contributed by atoms with E-state index in [2.05, 4.69) is 60.0 Å². The van der Waals surface area contributed by atoms with Crippen LogP contribution in [0.2, 0.25) is 5.02 Å². The summed E-state index contributed by atoms with van der Waals surface area (Å²) in [5.41, 5.74) is 5.13. The van der Waals surface area contributed by atoms with Crippen molar-refractivity contribution in [2.75, 3.05) is 38.2 Å². The zero-order valence-corrected chi connectivity index (χ0v) is 42.0. The average molecular weight is 969 g/mol. The highest BCUT2D eigenvalue weighted by molar-refractivity contribution is 7.13. The molecule has 0 unspecified atom stereocenters. The number of aliphatic hydroxyl groups is 1. The van der Waals surface area contributed by atoms with Crippen molar-refractivity contribution >= 4 is 52.3 Å². The van der Waals surface area contributed by atoms with Gasteiger partial charge < -0.3 is 35.8 Å². The summed E-state index contributed by atoms with van der Waals surface area (Å²) in [6.07, 6.45) is 2.16. The summed E-state index contributed by atoms with van der Waals surface area (Å²) in [6.45, 7) is 17.0. The molecule has 4 aromatic rings. The Hall–Kier alpha value is -5.37. The molecule has 6 rings (SSSR count). The first kappa shape index (κ1) is 52.0. The van der Waals surface area contributed by atoms with E-state index in [0.29, 0.717) is 41.5 Å². The second kappa shape index (κ2) is 22.4. The maximum atomic E-state index is 14.3. The number of nitriles is 1. The molecule has 0 bridgehead atoms. The van der Waals surface area contributed by atoms with Crippen LogP contribution in [-0.4, -0.2) is 102 Å². The number of nitrogens with zero attached hydrogens (tertiary/aromatic N) is 3. The number of aliphatic hydroxyl groups excluding tert-OH is 1. The highest BCUT2D eigenvalue weighted by Crippen LogP contribution is 2.55. The Bertz CT molecular complexity index is 2430. The smallest absolute Gasteiger partial charge is 0.252 e. The molecule has 0 radical (unpaired) electrons. The molecule has 1 aliphatic carbocycles. The van der Waals surface area contributed by atoms with Gasteiger partial charge in [-0.05, 0) is 92.0 Å². The first-order chi connectivity index (χ1) is 32.2. The SMILES string of the molecule is Cc1ncsc1-c1ccc(CCN(C(=O)[C@@H]2C[C@@H](O)CN2)C(=O)[C@@H](NC(=O)COCCCCCNc2ccc(C(=O)N[C@H]3C(C)(C)[C@H](Oc4ccc(C#N)c(Cl)c4)C3(C)C)cc2)C(C)(C)C)cc1. The summed E-state index contributed by atoms with van der Waals surface area (Å²) in [7, 11) is 0. The molecule has 14 nitrogen and oxygen atoms in total. The van der Waals surface area contributed by atoms with E-state index < -0.39 is 41.3 Å². The predicted molar refractivity (Wildman–Crippen MR) is 266 cm³/mol. The number of carbonyl (C=O) groups is 4. The summed E-state index contributed by atoms with van der Waals surface area (Å²) in [5.74, 6) is -0.961. The molecule has 3 aromatic carbocycles. The van der Waals surface area contributed by atoms with Gasteiger partial charge in [0.25, 0.3) is 11.8 Å². The number of carbonyl (C=O) groups excluding carboxylic acids is 4. The lowest BCUT2D eigenvalue weighted by atomic mass is 9.49. The van der Waals surface area contributed by atoms with Gasteiger partial charge in [0, 0.05) is 60.4 Å². The fourth-order valence-electron chi connectivity index (χ4n) is 9.53. The van der Waals surface area contributed by atoms with Gasteiger partial charge in [-0.3, -0.25) is 24.1 Å². The standard InChI is InChI=1S/C52H66ClN7O7S/c1-32-43(68-31-57-32)34-14-12-33(13-15-34)22-24-60(46(64)41-26-38(61)29-56-41)47(65)44(50(2,3)4)58-42(62)30-66-25-11-9-10-23-55-37-19-16-35(17-20-37)45(63)59-48-51(5,6)49(52(48,7)8)67-39-21-18-36(28-54)40(53)27-39/h12-21,27,31,38,41,44,48-49,55-56,61H,9-11,22-26,29-30H2,1-8H3,(H,58,62)(H,59,63)/t38-,41+,44-,48-,49-/m1/s1. The molecule has 0 spiro atoms. The van der Waals surface area contributed by atoms with Gasteiger partial charge >= 0.3 is 0 Å². The second-order valence-electron chi connectivity index (χ2n) is 20.2. The van der Waals surface area contributed by atoms with Crippen molar-refractivity contribution in [2.24, 2.45) is 16.2 Å². The molecule has 1 aromatic heterocycles. The molecule has 2 heterocycles. The zero-order valence-electron chi connectivity index (χ0n) is 40.4. The van der Waals surface area contributed by atoms with Gasteiger partial charge in [0.15, 0.2) is 0 Å². The second-order valence-corrected chi connectivity index (χ2v) is 21.4. The van der Waals surface area contributed by atoms with E-state index in [1.54, 1.807) is 41.7 Å². The quantitative estimate of drug-likeness (QED) is 0.0545. The van der Waals surface area contributed by atoms with Gasteiger partial charge in [-0.25, -0.2) is 4.98 Å². The summed E-state index contributed by atoms with van der Waals surface area (Å²) < 4.78 is 12.1. The maximum Gasteiger partial charge on any atom is 0.252 e. The average Bonchev–Trinajstić information content (AvgIpc) is 3.94. The number of ether oxygens (including phenoxy) is 2. The third kappa shape index (κ3) is 12.6.